The van der Waals surface area contributed by atoms with Crippen LogP contribution >= 0.6 is 0 Å². The van der Waals surface area contributed by atoms with Crippen LogP contribution in [0.15, 0.2) is 36.9 Å². The molecule has 3 N–H and O–H groups in total. The number of aliphatic hydroxyl groups excluding tert-OH is 3. The molecule has 1 aliphatic rings. The van der Waals surface area contributed by atoms with Gasteiger partial charge in [0.05, 0.1) is 6.61 Å². The maximum Gasteiger partial charge on any atom is 0.229 e. The number of hydrogen-bond donors (Lipinski definition) is 3. The van der Waals surface area contributed by atoms with Gasteiger partial charge in [0.2, 0.25) is 6.29 Å². The summed E-state index contributed by atoms with van der Waals surface area (Å²) in [5.41, 5.74) is 1.10. The monoisotopic (exact) mass is 366 g/mol. The first-order valence-corrected chi connectivity index (χ1v) is 9.21. The molecule has 146 valence electrons. The Kier molecular flexibility index (Phi) is 8.54. The van der Waals surface area contributed by atoms with Crippen LogP contribution in [0.1, 0.15) is 31.7 Å². The van der Waals surface area contributed by atoms with Gasteiger partial charge in [0, 0.05) is 6.61 Å². The van der Waals surface area contributed by atoms with Gasteiger partial charge in [-0.05, 0) is 30.5 Å². The number of rotatable bonds is 10. The molecular weight excluding hydrogens is 336 g/mol. The highest BCUT2D eigenvalue weighted by Gasteiger charge is 2.46. The third-order valence-electron chi connectivity index (χ3n) is 4.44. The van der Waals surface area contributed by atoms with Gasteiger partial charge >= 0.3 is 0 Å². The van der Waals surface area contributed by atoms with Gasteiger partial charge < -0.3 is 29.5 Å². The number of hydrogen-bond acceptors (Lipinski definition) is 6. The smallest absolute Gasteiger partial charge is 0.229 e. The number of allylic oxidation sites excluding steroid dienone is 1. The highest BCUT2D eigenvalue weighted by atomic mass is 16.7. The van der Waals surface area contributed by atoms with E-state index in [0.717, 1.165) is 31.2 Å². The Balaban J connectivity index is 2.07. The summed E-state index contributed by atoms with van der Waals surface area (Å²) in [6, 6.07) is 7.46. The minimum Gasteiger partial charge on any atom is -0.462 e. The Morgan fingerprint density at radius 1 is 1.15 bits per heavy atom. The van der Waals surface area contributed by atoms with E-state index in [1.165, 1.54) is 0 Å². The van der Waals surface area contributed by atoms with Crippen molar-refractivity contribution in [2.24, 2.45) is 0 Å². The summed E-state index contributed by atoms with van der Waals surface area (Å²) in [6.45, 7) is 5.83. The SMILES string of the molecule is C=CCc1ccc(OC2OC(CO)C(O)C(O)C2OCCCCC)cc1. The average Bonchev–Trinajstić information content (AvgIpc) is 2.65. The normalized spacial score (nSPS) is 28.7. The van der Waals surface area contributed by atoms with Crippen LogP contribution in [-0.2, 0) is 15.9 Å². The van der Waals surface area contributed by atoms with Crippen LogP contribution in [-0.4, -0.2) is 59.2 Å². The van der Waals surface area contributed by atoms with Gasteiger partial charge in [-0.15, -0.1) is 6.58 Å². The summed E-state index contributed by atoms with van der Waals surface area (Å²) in [6.07, 6.45) is 0.396. The lowest BCUT2D eigenvalue weighted by Crippen LogP contribution is -2.61. The van der Waals surface area contributed by atoms with Crippen LogP contribution < -0.4 is 4.74 Å². The van der Waals surface area contributed by atoms with E-state index in [1.54, 1.807) is 0 Å². The van der Waals surface area contributed by atoms with Gasteiger partial charge in [0.25, 0.3) is 0 Å². The third kappa shape index (κ3) is 5.53. The van der Waals surface area contributed by atoms with Crippen molar-refractivity contribution >= 4 is 0 Å². The predicted octanol–water partition coefficient (Wildman–Crippen LogP) is 1.81. The van der Waals surface area contributed by atoms with Crippen molar-refractivity contribution in [1.82, 2.24) is 0 Å². The van der Waals surface area contributed by atoms with Gasteiger partial charge in [0.1, 0.15) is 30.2 Å². The van der Waals surface area contributed by atoms with E-state index in [2.05, 4.69) is 13.5 Å². The van der Waals surface area contributed by atoms with Crippen molar-refractivity contribution in [1.29, 1.82) is 0 Å². The largest absolute Gasteiger partial charge is 0.462 e. The van der Waals surface area contributed by atoms with Crippen molar-refractivity contribution in [3.8, 4) is 5.75 Å². The fourth-order valence-electron chi connectivity index (χ4n) is 2.90. The molecule has 0 amide bonds. The Hall–Kier alpha value is -1.44. The number of ether oxygens (including phenoxy) is 3. The topological polar surface area (TPSA) is 88.4 Å². The van der Waals surface area contributed by atoms with Crippen LogP contribution in [0, 0.1) is 0 Å². The molecule has 1 aromatic carbocycles. The lowest BCUT2D eigenvalue weighted by molar-refractivity contribution is -0.287. The maximum atomic E-state index is 10.4. The van der Waals surface area contributed by atoms with Gasteiger partial charge in [-0.25, -0.2) is 0 Å². The molecule has 1 heterocycles. The molecule has 1 aliphatic heterocycles. The lowest BCUT2D eigenvalue weighted by Gasteiger charge is -2.41. The molecule has 0 saturated carbocycles. The molecule has 1 aromatic rings. The lowest BCUT2D eigenvalue weighted by atomic mass is 9.99. The Morgan fingerprint density at radius 2 is 1.88 bits per heavy atom. The molecular formula is C20H30O6. The second-order valence-electron chi connectivity index (χ2n) is 6.50. The fourth-order valence-corrected chi connectivity index (χ4v) is 2.90. The Morgan fingerprint density at radius 3 is 2.50 bits per heavy atom. The Bertz CT molecular complexity index is 532. The van der Waals surface area contributed by atoms with Crippen LogP contribution in [0.5, 0.6) is 5.75 Å². The number of aliphatic hydroxyl groups is 3. The van der Waals surface area contributed by atoms with Crippen LogP contribution in [0.2, 0.25) is 0 Å². The molecule has 0 radical (unpaired) electrons. The van der Waals surface area contributed by atoms with Gasteiger partial charge in [0.15, 0.2) is 0 Å². The van der Waals surface area contributed by atoms with E-state index in [0.29, 0.717) is 12.4 Å². The zero-order chi connectivity index (χ0) is 18.9. The van der Waals surface area contributed by atoms with Crippen LogP contribution in [0.25, 0.3) is 0 Å². The summed E-state index contributed by atoms with van der Waals surface area (Å²) in [4.78, 5) is 0. The van der Waals surface area contributed by atoms with Crippen molar-refractivity contribution in [3.05, 3.63) is 42.5 Å². The van der Waals surface area contributed by atoms with E-state index in [9.17, 15) is 15.3 Å². The zero-order valence-electron chi connectivity index (χ0n) is 15.3. The first-order valence-electron chi connectivity index (χ1n) is 9.21. The second kappa shape index (κ2) is 10.6. The summed E-state index contributed by atoms with van der Waals surface area (Å²) in [5.74, 6) is 0.560. The van der Waals surface area contributed by atoms with E-state index >= 15 is 0 Å². The van der Waals surface area contributed by atoms with Gasteiger partial charge in [-0.3, -0.25) is 0 Å². The van der Waals surface area contributed by atoms with Crippen molar-refractivity contribution in [3.63, 3.8) is 0 Å². The first-order chi connectivity index (χ1) is 12.6. The molecule has 0 bridgehead atoms. The maximum absolute atomic E-state index is 10.4. The van der Waals surface area contributed by atoms with Gasteiger partial charge in [-0.2, -0.15) is 0 Å². The van der Waals surface area contributed by atoms with E-state index < -0.39 is 37.3 Å². The molecule has 2 rings (SSSR count). The number of unbranched alkanes of at least 4 members (excludes halogenated alkanes) is 2. The molecule has 1 saturated heterocycles. The highest BCUT2D eigenvalue weighted by molar-refractivity contribution is 5.28. The first kappa shape index (κ1) is 20.9. The molecule has 0 aromatic heterocycles. The Labute approximate surface area is 155 Å². The van der Waals surface area contributed by atoms with Crippen LogP contribution in [0.3, 0.4) is 0 Å². The molecule has 6 heteroatoms. The minimum atomic E-state index is -1.23. The quantitative estimate of drug-likeness (QED) is 0.432. The van der Waals surface area contributed by atoms with E-state index in [-0.39, 0.29) is 0 Å². The average molecular weight is 366 g/mol. The van der Waals surface area contributed by atoms with Crippen molar-refractivity contribution in [2.45, 2.75) is 63.3 Å². The van der Waals surface area contributed by atoms with Crippen LogP contribution in [0.4, 0.5) is 0 Å². The van der Waals surface area contributed by atoms with E-state index in [1.807, 2.05) is 30.3 Å². The molecule has 5 atom stereocenters. The molecule has 1 fully saturated rings. The highest BCUT2D eigenvalue weighted by Crippen LogP contribution is 2.26. The second-order valence-corrected chi connectivity index (χ2v) is 6.50. The predicted molar refractivity (Wildman–Crippen MR) is 98.0 cm³/mol. The van der Waals surface area contributed by atoms with Gasteiger partial charge in [-0.1, -0.05) is 38.0 Å². The molecule has 26 heavy (non-hydrogen) atoms. The molecule has 5 unspecified atom stereocenters. The fraction of sp³-hybridized carbons (Fsp3) is 0.600. The third-order valence-corrected chi connectivity index (χ3v) is 4.44. The molecule has 0 spiro atoms. The minimum absolute atomic E-state index is 0.418. The summed E-state index contributed by atoms with van der Waals surface area (Å²) >= 11 is 0. The molecule has 0 aliphatic carbocycles. The molecule has 6 nitrogen and oxygen atoms in total. The van der Waals surface area contributed by atoms with E-state index in [4.69, 9.17) is 14.2 Å². The van der Waals surface area contributed by atoms with Crippen molar-refractivity contribution in [2.75, 3.05) is 13.2 Å². The summed E-state index contributed by atoms with van der Waals surface area (Å²) in [5, 5.41) is 29.9. The summed E-state index contributed by atoms with van der Waals surface area (Å²) < 4.78 is 17.3. The zero-order valence-corrected chi connectivity index (χ0v) is 15.3. The standard InChI is InChI=1S/C20H30O6/c1-3-5-6-12-24-19-18(23)17(22)16(13-21)26-20(19)25-15-10-8-14(7-4-2)9-11-15/h4,8-11,16-23H,2-3,5-7,12-13H2,1H3. The summed E-state index contributed by atoms with van der Waals surface area (Å²) in [7, 11) is 0. The number of benzene rings is 1. The van der Waals surface area contributed by atoms with Crippen molar-refractivity contribution < 1.29 is 29.5 Å².